The van der Waals surface area contributed by atoms with Crippen molar-refractivity contribution >= 4 is 5.69 Å². The number of hydrogen-bond donors (Lipinski definition) is 2. The van der Waals surface area contributed by atoms with Crippen molar-refractivity contribution in [2.45, 2.75) is 12.7 Å². The van der Waals surface area contributed by atoms with Crippen LogP contribution in [0, 0.1) is 0 Å². The van der Waals surface area contributed by atoms with Crippen molar-refractivity contribution in [3.8, 4) is 23.0 Å². The van der Waals surface area contributed by atoms with Gasteiger partial charge in [-0.25, -0.2) is 0 Å². The molecule has 2 N–H and O–H groups in total. The molecule has 3 rings (SSSR count). The molecule has 142 valence electrons. The van der Waals surface area contributed by atoms with Gasteiger partial charge in [0.15, 0.2) is 0 Å². The first-order valence-corrected chi connectivity index (χ1v) is 7.95. The summed E-state index contributed by atoms with van der Waals surface area (Å²) in [6.45, 7) is 0.372. The van der Waals surface area contributed by atoms with Crippen molar-refractivity contribution in [2.24, 2.45) is 0 Å². The highest BCUT2D eigenvalue weighted by molar-refractivity contribution is 5.64. The summed E-state index contributed by atoms with van der Waals surface area (Å²) < 4.78 is 48.4. The third-order valence-corrected chi connectivity index (χ3v) is 3.93. The third-order valence-electron chi connectivity index (χ3n) is 3.93. The van der Waals surface area contributed by atoms with Gasteiger partial charge in [0.1, 0.15) is 0 Å². The van der Waals surface area contributed by atoms with Gasteiger partial charge in [-0.2, -0.15) is 23.3 Å². The zero-order valence-electron chi connectivity index (χ0n) is 14.6. The van der Waals surface area contributed by atoms with Gasteiger partial charge in [-0.3, -0.25) is 5.10 Å². The van der Waals surface area contributed by atoms with E-state index in [9.17, 15) is 13.2 Å². The minimum atomic E-state index is -4.37. The maximum Gasteiger partial charge on any atom is 0.416 e. The fourth-order valence-electron chi connectivity index (χ4n) is 2.54. The first-order valence-electron chi connectivity index (χ1n) is 7.95. The van der Waals surface area contributed by atoms with Crippen LogP contribution in [-0.2, 0) is 12.7 Å². The van der Waals surface area contributed by atoms with E-state index in [0.29, 0.717) is 35.2 Å². The number of methoxy groups -OCH3 is 2. The summed E-state index contributed by atoms with van der Waals surface area (Å²) in [6, 6.07) is 8.37. The standard InChI is InChI=1S/C18H17F3N4O2/c1-26-15-8-7-14(17(24-15)27-2)22-9-12-10-23-25-16(12)11-3-5-13(6-4-11)18(19,20)21/h3-8,10,22H,9H2,1-2H3,(H,23,25). The van der Waals surface area contributed by atoms with E-state index in [0.717, 1.165) is 17.7 Å². The number of pyridine rings is 1. The number of nitrogens with one attached hydrogen (secondary N) is 2. The Morgan fingerprint density at radius 3 is 2.41 bits per heavy atom. The Labute approximate surface area is 153 Å². The topological polar surface area (TPSA) is 72.1 Å². The van der Waals surface area contributed by atoms with E-state index in [4.69, 9.17) is 9.47 Å². The molecule has 6 nitrogen and oxygen atoms in total. The van der Waals surface area contributed by atoms with Gasteiger partial charge < -0.3 is 14.8 Å². The highest BCUT2D eigenvalue weighted by atomic mass is 19.4. The zero-order valence-corrected chi connectivity index (χ0v) is 14.6. The Balaban J connectivity index is 1.78. The Bertz CT molecular complexity index is 908. The lowest BCUT2D eigenvalue weighted by molar-refractivity contribution is -0.137. The quantitative estimate of drug-likeness (QED) is 0.675. The van der Waals surface area contributed by atoms with Gasteiger partial charge in [0, 0.05) is 18.2 Å². The Morgan fingerprint density at radius 2 is 1.78 bits per heavy atom. The van der Waals surface area contributed by atoms with E-state index in [-0.39, 0.29) is 0 Å². The molecule has 1 aromatic carbocycles. The predicted molar refractivity (Wildman–Crippen MR) is 93.7 cm³/mol. The van der Waals surface area contributed by atoms with E-state index in [2.05, 4.69) is 20.5 Å². The molecule has 0 fully saturated rings. The molecule has 0 aliphatic carbocycles. The molecule has 0 bridgehead atoms. The predicted octanol–water partition coefficient (Wildman–Crippen LogP) is 4.12. The first kappa shape index (κ1) is 18.6. The van der Waals surface area contributed by atoms with Crippen LogP contribution in [0.15, 0.2) is 42.6 Å². The van der Waals surface area contributed by atoms with Crippen LogP contribution >= 0.6 is 0 Å². The van der Waals surface area contributed by atoms with Crippen LogP contribution in [0.2, 0.25) is 0 Å². The van der Waals surface area contributed by atoms with Gasteiger partial charge in [-0.15, -0.1) is 0 Å². The lowest BCUT2D eigenvalue weighted by Crippen LogP contribution is -2.05. The van der Waals surface area contributed by atoms with Crippen LogP contribution in [0.3, 0.4) is 0 Å². The van der Waals surface area contributed by atoms with Gasteiger partial charge in [0.2, 0.25) is 11.8 Å². The molecule has 2 aromatic heterocycles. The van der Waals surface area contributed by atoms with Crippen molar-refractivity contribution in [1.29, 1.82) is 0 Å². The summed E-state index contributed by atoms with van der Waals surface area (Å²) in [7, 11) is 3.01. The number of halogens is 3. The number of nitrogens with zero attached hydrogens (tertiary/aromatic N) is 2. The molecular weight excluding hydrogens is 361 g/mol. The van der Waals surface area contributed by atoms with E-state index in [1.54, 1.807) is 18.3 Å². The Morgan fingerprint density at radius 1 is 1.04 bits per heavy atom. The van der Waals surface area contributed by atoms with E-state index >= 15 is 0 Å². The minimum Gasteiger partial charge on any atom is -0.481 e. The number of rotatable bonds is 6. The van der Waals surface area contributed by atoms with Crippen LogP contribution in [0.25, 0.3) is 11.3 Å². The highest BCUT2D eigenvalue weighted by Crippen LogP contribution is 2.31. The lowest BCUT2D eigenvalue weighted by Gasteiger charge is -2.12. The maximum atomic E-state index is 12.7. The van der Waals surface area contributed by atoms with Gasteiger partial charge in [0.05, 0.1) is 37.4 Å². The molecule has 0 spiro atoms. The molecule has 0 atom stereocenters. The fraction of sp³-hybridized carbons (Fsp3) is 0.222. The molecular formula is C18H17F3N4O2. The molecule has 0 amide bonds. The number of aromatic nitrogens is 3. The van der Waals surface area contributed by atoms with Crippen LogP contribution < -0.4 is 14.8 Å². The van der Waals surface area contributed by atoms with Crippen molar-refractivity contribution in [2.75, 3.05) is 19.5 Å². The molecule has 0 aliphatic heterocycles. The number of anilines is 1. The molecule has 0 saturated carbocycles. The second-order valence-electron chi connectivity index (χ2n) is 5.61. The summed E-state index contributed by atoms with van der Waals surface area (Å²) in [6.07, 6.45) is -2.75. The molecule has 3 aromatic rings. The van der Waals surface area contributed by atoms with Crippen molar-refractivity contribution in [3.63, 3.8) is 0 Å². The monoisotopic (exact) mass is 378 g/mol. The third kappa shape index (κ3) is 4.13. The second kappa shape index (κ2) is 7.56. The Hall–Kier alpha value is -3.23. The maximum absolute atomic E-state index is 12.7. The summed E-state index contributed by atoms with van der Waals surface area (Å²) in [5.41, 5.74) is 1.98. The fourth-order valence-corrected chi connectivity index (χ4v) is 2.54. The molecule has 0 radical (unpaired) electrons. The van der Waals surface area contributed by atoms with Crippen molar-refractivity contribution in [1.82, 2.24) is 15.2 Å². The summed E-state index contributed by atoms with van der Waals surface area (Å²) in [5, 5.41) is 10.0. The van der Waals surface area contributed by atoms with Crippen LogP contribution in [0.4, 0.5) is 18.9 Å². The molecule has 0 aliphatic rings. The summed E-state index contributed by atoms with van der Waals surface area (Å²) >= 11 is 0. The number of ether oxygens (including phenoxy) is 2. The normalized spacial score (nSPS) is 11.3. The second-order valence-corrected chi connectivity index (χ2v) is 5.61. The number of benzene rings is 1. The summed E-state index contributed by atoms with van der Waals surface area (Å²) in [5.74, 6) is 0.792. The molecule has 0 unspecified atom stereocenters. The molecule has 2 heterocycles. The first-order chi connectivity index (χ1) is 12.9. The van der Waals surface area contributed by atoms with Gasteiger partial charge in [0.25, 0.3) is 0 Å². The number of H-pyrrole nitrogens is 1. The number of hydrogen-bond acceptors (Lipinski definition) is 5. The largest absolute Gasteiger partial charge is 0.481 e. The van der Waals surface area contributed by atoms with Crippen molar-refractivity contribution < 1.29 is 22.6 Å². The molecule has 9 heteroatoms. The molecule has 27 heavy (non-hydrogen) atoms. The number of alkyl halides is 3. The van der Waals surface area contributed by atoms with Crippen LogP contribution in [0.5, 0.6) is 11.8 Å². The lowest BCUT2D eigenvalue weighted by atomic mass is 10.1. The average molecular weight is 378 g/mol. The number of aromatic amines is 1. The van der Waals surface area contributed by atoms with Crippen LogP contribution in [0.1, 0.15) is 11.1 Å². The Kier molecular flexibility index (Phi) is 5.20. The van der Waals surface area contributed by atoms with Crippen molar-refractivity contribution in [3.05, 3.63) is 53.7 Å². The SMILES string of the molecule is COc1ccc(NCc2cn[nH]c2-c2ccc(C(F)(F)F)cc2)c(OC)n1. The minimum absolute atomic E-state index is 0.369. The molecule has 0 saturated heterocycles. The van der Waals surface area contributed by atoms with E-state index in [1.165, 1.54) is 26.4 Å². The van der Waals surface area contributed by atoms with E-state index in [1.807, 2.05) is 0 Å². The summed E-state index contributed by atoms with van der Waals surface area (Å²) in [4.78, 5) is 4.19. The van der Waals surface area contributed by atoms with Crippen LogP contribution in [-0.4, -0.2) is 29.4 Å². The average Bonchev–Trinajstić information content (AvgIpc) is 3.14. The van der Waals surface area contributed by atoms with E-state index < -0.39 is 11.7 Å². The smallest absolute Gasteiger partial charge is 0.416 e. The van der Waals surface area contributed by atoms with Gasteiger partial charge >= 0.3 is 6.18 Å². The van der Waals surface area contributed by atoms with Gasteiger partial charge in [-0.05, 0) is 23.8 Å². The zero-order chi connectivity index (χ0) is 19.4. The highest BCUT2D eigenvalue weighted by Gasteiger charge is 2.30. The van der Waals surface area contributed by atoms with Gasteiger partial charge in [-0.1, -0.05) is 12.1 Å².